The predicted molar refractivity (Wildman–Crippen MR) is 139 cm³/mol. The molecule has 2 aromatic heterocycles. The van der Waals surface area contributed by atoms with Crippen LogP contribution in [0.1, 0.15) is 48.8 Å². The standard InChI is InChI=1S/C26H30N4O3S/c1-5-17-11-23-25(29-24(12-17)30(9-10-31)16(2)3)19(15-34-23)26(32)28-21-13-18-7-6-8-27-20(18)14-22(21)33-4/h6-8,11,13-16,31H,5,9-10,12H2,1-4H3,(H,28,32). The average molecular weight is 479 g/mol. The number of aromatic nitrogens is 1. The molecule has 8 heteroatoms. The molecule has 7 nitrogen and oxygen atoms in total. The first-order valence-electron chi connectivity index (χ1n) is 11.4. The Hall–Kier alpha value is -3.23. The highest BCUT2D eigenvalue weighted by molar-refractivity contribution is 7.11. The molecule has 3 aromatic rings. The first-order chi connectivity index (χ1) is 16.4. The van der Waals surface area contributed by atoms with Crippen molar-refractivity contribution in [2.75, 3.05) is 25.6 Å². The number of carbonyl (C=O) groups is 1. The number of amides is 1. The minimum atomic E-state index is -0.242. The average Bonchev–Trinajstić information content (AvgIpc) is 3.13. The Balaban J connectivity index is 1.73. The van der Waals surface area contributed by atoms with E-state index in [4.69, 9.17) is 9.73 Å². The fourth-order valence-electron chi connectivity index (χ4n) is 4.10. The van der Waals surface area contributed by atoms with Crippen LogP contribution in [0.5, 0.6) is 5.75 Å². The van der Waals surface area contributed by atoms with Crippen LogP contribution in [0.25, 0.3) is 17.0 Å². The summed E-state index contributed by atoms with van der Waals surface area (Å²) in [4.78, 5) is 25.9. The maximum absolute atomic E-state index is 13.4. The Morgan fingerprint density at radius 2 is 2.18 bits per heavy atom. The van der Waals surface area contributed by atoms with Crippen molar-refractivity contribution in [2.45, 2.75) is 39.7 Å². The van der Waals surface area contributed by atoms with Gasteiger partial charge in [-0.3, -0.25) is 9.78 Å². The molecule has 0 unspecified atom stereocenters. The lowest BCUT2D eigenvalue weighted by molar-refractivity contribution is 0.102. The van der Waals surface area contributed by atoms with Crippen molar-refractivity contribution in [3.8, 4) is 5.75 Å². The highest BCUT2D eigenvalue weighted by Gasteiger charge is 2.24. The summed E-state index contributed by atoms with van der Waals surface area (Å²) in [5, 5.41) is 15.4. The van der Waals surface area contributed by atoms with Gasteiger partial charge in [0.2, 0.25) is 0 Å². The van der Waals surface area contributed by atoms with Crippen LogP contribution in [0.15, 0.2) is 46.4 Å². The molecule has 0 radical (unpaired) electrons. The third-order valence-electron chi connectivity index (χ3n) is 5.92. The summed E-state index contributed by atoms with van der Waals surface area (Å²) in [5.74, 6) is 1.18. The second-order valence-electron chi connectivity index (χ2n) is 8.44. The van der Waals surface area contributed by atoms with E-state index in [9.17, 15) is 9.90 Å². The second kappa shape index (κ2) is 10.4. The normalized spacial score (nSPS) is 13.2. The van der Waals surface area contributed by atoms with Crippen molar-refractivity contribution in [3.63, 3.8) is 0 Å². The van der Waals surface area contributed by atoms with E-state index >= 15 is 0 Å². The zero-order valence-corrected chi connectivity index (χ0v) is 20.8. The molecule has 0 bridgehead atoms. The van der Waals surface area contributed by atoms with Crippen molar-refractivity contribution in [1.82, 2.24) is 9.88 Å². The van der Waals surface area contributed by atoms with Gasteiger partial charge in [-0.15, -0.1) is 11.3 Å². The number of aliphatic hydroxyl groups excluding tert-OH is 1. The Kier molecular flexibility index (Phi) is 7.29. The van der Waals surface area contributed by atoms with E-state index in [0.29, 0.717) is 35.7 Å². The summed E-state index contributed by atoms with van der Waals surface area (Å²) in [6.07, 6.45) is 5.46. The molecule has 3 heterocycles. The van der Waals surface area contributed by atoms with Gasteiger partial charge in [0.25, 0.3) is 5.91 Å². The Labute approximate surface area is 203 Å². The number of fused-ring (bicyclic) bond motifs is 2. The van der Waals surface area contributed by atoms with Gasteiger partial charge in [0.15, 0.2) is 0 Å². The van der Waals surface area contributed by atoms with Crippen molar-refractivity contribution in [2.24, 2.45) is 4.99 Å². The van der Waals surface area contributed by atoms with Crippen LogP contribution in [0, 0.1) is 0 Å². The topological polar surface area (TPSA) is 87.0 Å². The molecule has 1 amide bonds. The van der Waals surface area contributed by atoms with E-state index in [1.165, 1.54) is 16.9 Å². The second-order valence-corrected chi connectivity index (χ2v) is 9.35. The number of amidine groups is 1. The molecule has 0 saturated heterocycles. The number of ether oxygens (including phenoxy) is 1. The summed E-state index contributed by atoms with van der Waals surface area (Å²) in [7, 11) is 1.58. The van der Waals surface area contributed by atoms with Crippen molar-refractivity contribution >= 4 is 51.4 Å². The molecule has 4 rings (SSSR count). The lowest BCUT2D eigenvalue weighted by Gasteiger charge is -2.29. The van der Waals surface area contributed by atoms with Gasteiger partial charge < -0.3 is 20.1 Å². The Morgan fingerprint density at radius 3 is 2.88 bits per heavy atom. The van der Waals surface area contributed by atoms with Crippen LogP contribution in [0.3, 0.4) is 0 Å². The molecule has 0 saturated carbocycles. The van der Waals surface area contributed by atoms with Crippen LogP contribution in [0.2, 0.25) is 0 Å². The smallest absolute Gasteiger partial charge is 0.258 e. The van der Waals surface area contributed by atoms with E-state index in [-0.39, 0.29) is 18.6 Å². The number of hydrogen-bond acceptors (Lipinski definition) is 7. The predicted octanol–water partition coefficient (Wildman–Crippen LogP) is 5.49. The summed E-state index contributed by atoms with van der Waals surface area (Å²) in [6, 6.07) is 7.68. The number of aliphatic hydroxyl groups is 1. The molecule has 0 aliphatic carbocycles. The minimum absolute atomic E-state index is 0.0445. The van der Waals surface area contributed by atoms with Gasteiger partial charge in [-0.2, -0.15) is 0 Å². The number of methoxy groups -OCH3 is 1. The van der Waals surface area contributed by atoms with Crippen LogP contribution in [0.4, 0.5) is 11.4 Å². The first kappa shape index (κ1) is 23.9. The molecule has 1 aliphatic heterocycles. The van der Waals surface area contributed by atoms with Crippen LogP contribution >= 0.6 is 11.3 Å². The number of hydrogen-bond donors (Lipinski definition) is 2. The SMILES string of the molecule is CCC1=Cc2scc(C(=O)Nc3cc4cccnc4cc3OC)c2N=C(N(CCO)C(C)C)C1. The number of carbonyl (C=O) groups excluding carboxylic acids is 1. The zero-order chi connectivity index (χ0) is 24.2. The van der Waals surface area contributed by atoms with Gasteiger partial charge in [0.05, 0.1) is 41.0 Å². The fourth-order valence-corrected chi connectivity index (χ4v) is 5.06. The molecule has 2 N–H and O–H groups in total. The first-order valence-corrected chi connectivity index (χ1v) is 12.3. The van der Waals surface area contributed by atoms with E-state index in [0.717, 1.165) is 28.0 Å². The van der Waals surface area contributed by atoms with Gasteiger partial charge in [-0.25, -0.2) is 4.99 Å². The largest absolute Gasteiger partial charge is 0.494 e. The third kappa shape index (κ3) is 4.83. The van der Waals surface area contributed by atoms with Gasteiger partial charge >= 0.3 is 0 Å². The number of anilines is 1. The van der Waals surface area contributed by atoms with E-state index in [1.54, 1.807) is 13.3 Å². The molecular weight excluding hydrogens is 448 g/mol. The number of nitrogens with one attached hydrogen (secondary N) is 1. The highest BCUT2D eigenvalue weighted by atomic mass is 32.1. The van der Waals surface area contributed by atoms with Crippen LogP contribution in [-0.4, -0.2) is 53.0 Å². The number of pyridine rings is 1. The van der Waals surface area contributed by atoms with Crippen molar-refractivity contribution in [3.05, 3.63) is 51.9 Å². The molecule has 1 aliphatic rings. The summed E-state index contributed by atoms with van der Waals surface area (Å²) in [6.45, 7) is 6.84. The number of aliphatic imine (C=N–C) groups is 1. The zero-order valence-electron chi connectivity index (χ0n) is 20.0. The lowest BCUT2D eigenvalue weighted by atomic mass is 10.1. The Morgan fingerprint density at radius 1 is 1.35 bits per heavy atom. The Bertz CT molecular complexity index is 1260. The van der Waals surface area contributed by atoms with Crippen molar-refractivity contribution in [1.29, 1.82) is 0 Å². The van der Waals surface area contributed by atoms with Crippen molar-refractivity contribution < 1.29 is 14.6 Å². The number of thiophene rings is 1. The van der Waals surface area contributed by atoms with Gasteiger partial charge in [0, 0.05) is 42.0 Å². The number of rotatable bonds is 7. The molecule has 0 spiro atoms. The van der Waals surface area contributed by atoms with Gasteiger partial charge in [-0.05, 0) is 38.5 Å². The molecule has 0 fully saturated rings. The van der Waals surface area contributed by atoms with E-state index in [2.05, 4.69) is 42.0 Å². The molecular formula is C26H30N4O3S. The third-order valence-corrected chi connectivity index (χ3v) is 6.84. The summed E-state index contributed by atoms with van der Waals surface area (Å²) < 4.78 is 5.52. The summed E-state index contributed by atoms with van der Waals surface area (Å²) in [5.41, 5.74) is 3.82. The summed E-state index contributed by atoms with van der Waals surface area (Å²) >= 11 is 1.52. The van der Waals surface area contributed by atoms with E-state index < -0.39 is 0 Å². The van der Waals surface area contributed by atoms with Crippen LogP contribution < -0.4 is 10.1 Å². The monoisotopic (exact) mass is 478 g/mol. The molecule has 0 atom stereocenters. The molecule has 1 aromatic carbocycles. The number of benzene rings is 1. The maximum Gasteiger partial charge on any atom is 0.258 e. The minimum Gasteiger partial charge on any atom is -0.494 e. The fraction of sp³-hybridized carbons (Fsp3) is 0.346. The maximum atomic E-state index is 13.4. The molecule has 178 valence electrons. The van der Waals surface area contributed by atoms with Gasteiger partial charge in [0.1, 0.15) is 11.6 Å². The van der Waals surface area contributed by atoms with E-state index in [1.807, 2.05) is 29.6 Å². The highest BCUT2D eigenvalue weighted by Crippen LogP contribution is 2.38. The lowest BCUT2D eigenvalue weighted by Crippen LogP contribution is -2.39. The quantitative estimate of drug-likeness (QED) is 0.469. The molecule has 34 heavy (non-hydrogen) atoms. The van der Waals surface area contributed by atoms with Crippen LogP contribution in [-0.2, 0) is 0 Å². The number of nitrogens with zero attached hydrogens (tertiary/aromatic N) is 3. The van der Waals surface area contributed by atoms with Gasteiger partial charge in [-0.1, -0.05) is 18.6 Å².